The molecular weight excluding hydrogens is 360 g/mol. The third-order valence-corrected chi connectivity index (χ3v) is 5.21. The number of rotatable bonds is 4. The van der Waals surface area contributed by atoms with Gasteiger partial charge in [0.05, 0.1) is 11.6 Å². The molecule has 0 aliphatic heterocycles. The van der Waals surface area contributed by atoms with E-state index in [1.165, 1.54) is 12.1 Å². The van der Waals surface area contributed by atoms with Gasteiger partial charge in [0.2, 0.25) is 6.19 Å². The molecule has 8 heteroatoms. The molecular formula is C18H11F2N3O2S. The minimum absolute atomic E-state index is 0.108. The van der Waals surface area contributed by atoms with E-state index in [9.17, 15) is 13.6 Å². The van der Waals surface area contributed by atoms with Crippen molar-refractivity contribution >= 4 is 16.5 Å². The maximum Gasteiger partial charge on any atom is 0.212 e. The third-order valence-electron chi connectivity index (χ3n) is 3.85. The second kappa shape index (κ2) is 7.42. The molecule has 5 nitrogen and oxygen atoms in total. The van der Waals surface area contributed by atoms with E-state index >= 15 is 0 Å². The molecule has 2 aromatic carbocycles. The van der Waals surface area contributed by atoms with Gasteiger partial charge >= 0.3 is 0 Å². The van der Waals surface area contributed by atoms with Gasteiger partial charge in [-0.3, -0.25) is 4.79 Å². The largest absolute Gasteiger partial charge is 0.457 e. The van der Waals surface area contributed by atoms with Gasteiger partial charge in [0, 0.05) is 28.5 Å². The van der Waals surface area contributed by atoms with E-state index in [4.69, 9.17) is 15.3 Å². The summed E-state index contributed by atoms with van der Waals surface area (Å²) < 4.78 is 36.1. The van der Waals surface area contributed by atoms with Gasteiger partial charge in [0.15, 0.2) is 11.8 Å². The smallest absolute Gasteiger partial charge is 0.212 e. The molecule has 26 heavy (non-hydrogen) atoms. The quantitative estimate of drug-likeness (QED) is 0.754. The molecule has 1 aliphatic rings. The predicted molar refractivity (Wildman–Crippen MR) is 89.9 cm³/mol. The van der Waals surface area contributed by atoms with Crippen molar-refractivity contribution in [3.05, 3.63) is 52.8 Å². The monoisotopic (exact) mass is 371 g/mol. The fraction of sp³-hybridized carbons (Fsp3) is 0.167. The molecule has 0 aromatic heterocycles. The average molecular weight is 371 g/mol. The lowest BCUT2D eigenvalue weighted by molar-refractivity contribution is 0.0992. The number of ether oxygens (including phenoxy) is 1. The topological polar surface area (TPSA) is 86.2 Å². The first kappa shape index (κ1) is 17.7. The Morgan fingerprint density at radius 1 is 1.23 bits per heavy atom. The maximum absolute atomic E-state index is 13.6. The highest BCUT2D eigenvalue weighted by molar-refractivity contribution is 7.87. The molecule has 0 spiro atoms. The lowest BCUT2D eigenvalue weighted by atomic mass is 10.1. The fourth-order valence-electron chi connectivity index (χ4n) is 2.81. The SMILES string of the molecule is N#C/N=S(/CF)c1ccc(Oc2cc(F)cc(C#N)c2)c2c1C(=O)CC2. The number of Topliss-reactive ketones (excluding diaryl/α,β-unsaturated/α-hetero) is 1. The van der Waals surface area contributed by atoms with Crippen molar-refractivity contribution in [1.29, 1.82) is 10.5 Å². The Kier molecular flexibility index (Phi) is 5.06. The number of carbonyl (C=O) groups excluding carboxylic acids is 1. The van der Waals surface area contributed by atoms with Crippen LogP contribution >= 0.6 is 0 Å². The summed E-state index contributed by atoms with van der Waals surface area (Å²) in [6.07, 6.45) is 2.22. The zero-order valence-electron chi connectivity index (χ0n) is 13.3. The lowest BCUT2D eigenvalue weighted by Crippen LogP contribution is -2.04. The van der Waals surface area contributed by atoms with Crippen molar-refractivity contribution in [3.63, 3.8) is 0 Å². The van der Waals surface area contributed by atoms with Crippen molar-refractivity contribution in [3.8, 4) is 23.8 Å². The van der Waals surface area contributed by atoms with Gasteiger partial charge in [-0.05, 0) is 41.4 Å². The van der Waals surface area contributed by atoms with Crippen LogP contribution < -0.4 is 4.74 Å². The van der Waals surface area contributed by atoms with Gasteiger partial charge in [-0.1, -0.05) is 0 Å². The number of alkyl halides is 1. The number of nitrogens with zero attached hydrogens (tertiary/aromatic N) is 3. The summed E-state index contributed by atoms with van der Waals surface area (Å²) in [7, 11) is -1.34. The van der Waals surface area contributed by atoms with Crippen molar-refractivity contribution in [2.45, 2.75) is 17.7 Å². The van der Waals surface area contributed by atoms with Gasteiger partial charge in [0.25, 0.3) is 0 Å². The zero-order chi connectivity index (χ0) is 18.7. The van der Waals surface area contributed by atoms with Crippen LogP contribution in [0, 0.1) is 28.6 Å². The van der Waals surface area contributed by atoms with Crippen LogP contribution in [0.5, 0.6) is 11.5 Å². The second-order valence-corrected chi connectivity index (χ2v) is 6.96. The summed E-state index contributed by atoms with van der Waals surface area (Å²) in [5, 5.41) is 17.6. The van der Waals surface area contributed by atoms with Gasteiger partial charge in [-0.15, -0.1) is 4.36 Å². The standard InChI is InChI=1S/C18H11F2N3O2S/c19-9-26(23-10-22)17-4-3-16(14-1-2-15(24)18(14)17)25-13-6-11(8-21)5-12(20)7-13/h3-7H,1-2,9H2. The van der Waals surface area contributed by atoms with E-state index in [1.807, 2.05) is 6.07 Å². The fourth-order valence-corrected chi connectivity index (χ4v) is 3.87. The predicted octanol–water partition coefficient (Wildman–Crippen LogP) is 4.19. The molecule has 0 amide bonds. The van der Waals surface area contributed by atoms with Crippen LogP contribution in [0.3, 0.4) is 0 Å². The second-order valence-electron chi connectivity index (χ2n) is 5.39. The first-order valence-corrected chi connectivity index (χ1v) is 8.87. The molecule has 0 bridgehead atoms. The molecule has 0 N–H and O–H groups in total. The Hall–Kier alpha value is -3.10. The van der Waals surface area contributed by atoms with E-state index in [0.717, 1.165) is 12.1 Å². The molecule has 0 saturated heterocycles. The Morgan fingerprint density at radius 3 is 2.73 bits per heavy atom. The summed E-state index contributed by atoms with van der Waals surface area (Å²) in [6.45, 7) is 0. The van der Waals surface area contributed by atoms with Crippen molar-refractivity contribution in [2.24, 2.45) is 4.36 Å². The molecule has 1 atom stereocenters. The molecule has 0 fully saturated rings. The van der Waals surface area contributed by atoms with Crippen LogP contribution in [0.15, 0.2) is 39.6 Å². The highest BCUT2D eigenvalue weighted by atomic mass is 32.2. The summed E-state index contributed by atoms with van der Waals surface area (Å²) >= 11 is 0. The molecule has 0 radical (unpaired) electrons. The van der Waals surface area contributed by atoms with Crippen LogP contribution in [-0.4, -0.2) is 11.8 Å². The summed E-state index contributed by atoms with van der Waals surface area (Å²) in [5.74, 6) is -0.322. The summed E-state index contributed by atoms with van der Waals surface area (Å²) in [5.41, 5.74) is 1.00. The highest BCUT2D eigenvalue weighted by Crippen LogP contribution is 2.37. The first-order chi connectivity index (χ1) is 12.6. The number of nitriles is 2. The van der Waals surface area contributed by atoms with Crippen LogP contribution in [0.1, 0.15) is 27.9 Å². The number of ketones is 1. The Morgan fingerprint density at radius 2 is 2.04 bits per heavy atom. The van der Waals surface area contributed by atoms with E-state index in [2.05, 4.69) is 4.36 Å². The number of carbonyl (C=O) groups is 1. The molecule has 0 saturated carbocycles. The average Bonchev–Trinajstić information content (AvgIpc) is 3.02. The van der Waals surface area contributed by atoms with E-state index < -0.39 is 22.5 Å². The summed E-state index contributed by atoms with van der Waals surface area (Å²) in [6, 6.07) is 7.63. The van der Waals surface area contributed by atoms with Gasteiger partial charge in [-0.2, -0.15) is 10.5 Å². The van der Waals surface area contributed by atoms with Crippen molar-refractivity contribution < 1.29 is 18.3 Å². The molecule has 3 rings (SSSR count). The number of benzene rings is 2. The van der Waals surface area contributed by atoms with Crippen LogP contribution in [0.4, 0.5) is 8.78 Å². The van der Waals surface area contributed by atoms with Crippen molar-refractivity contribution in [1.82, 2.24) is 0 Å². The number of fused-ring (bicyclic) bond motifs is 1. The molecule has 2 aromatic rings. The number of hydrogen-bond donors (Lipinski definition) is 0. The van der Waals surface area contributed by atoms with E-state index in [-0.39, 0.29) is 23.5 Å². The maximum atomic E-state index is 13.6. The third kappa shape index (κ3) is 3.32. The molecule has 130 valence electrons. The van der Waals surface area contributed by atoms with E-state index in [1.54, 1.807) is 12.3 Å². The highest BCUT2D eigenvalue weighted by Gasteiger charge is 2.28. The van der Waals surface area contributed by atoms with Crippen molar-refractivity contribution in [2.75, 3.05) is 6.01 Å². The van der Waals surface area contributed by atoms with Gasteiger partial charge < -0.3 is 4.74 Å². The minimum atomic E-state index is -1.34. The number of halogens is 2. The molecule has 1 aliphatic carbocycles. The minimum Gasteiger partial charge on any atom is -0.457 e. The Balaban J connectivity index is 2.08. The normalized spacial score (nSPS) is 13.8. The first-order valence-electron chi connectivity index (χ1n) is 7.51. The van der Waals surface area contributed by atoms with Gasteiger partial charge in [0.1, 0.15) is 17.3 Å². The van der Waals surface area contributed by atoms with Gasteiger partial charge in [-0.25, -0.2) is 8.78 Å². The van der Waals surface area contributed by atoms with Crippen LogP contribution in [0.2, 0.25) is 0 Å². The molecule has 1 unspecified atom stereocenters. The Labute approximate surface area is 150 Å². The summed E-state index contributed by atoms with van der Waals surface area (Å²) in [4.78, 5) is 12.6. The van der Waals surface area contributed by atoms with Crippen LogP contribution in [-0.2, 0) is 17.1 Å². The zero-order valence-corrected chi connectivity index (χ0v) is 14.1. The Bertz CT molecular complexity index is 1020. The number of hydrogen-bond acceptors (Lipinski definition) is 5. The van der Waals surface area contributed by atoms with Crippen LogP contribution in [0.25, 0.3) is 0 Å². The lowest BCUT2D eigenvalue weighted by Gasteiger charge is -2.14. The molecule has 0 heterocycles. The van der Waals surface area contributed by atoms with E-state index in [0.29, 0.717) is 28.2 Å².